The van der Waals surface area contributed by atoms with Crippen LogP contribution in [-0.2, 0) is 0 Å². The summed E-state index contributed by atoms with van der Waals surface area (Å²) in [5.41, 5.74) is 3.41. The van der Waals surface area contributed by atoms with Gasteiger partial charge in [-0.2, -0.15) is 0 Å². The van der Waals surface area contributed by atoms with Crippen LogP contribution in [0.1, 0.15) is 24.2 Å². The SMILES string of the molecule is Cc1nc(NN)c(C)c(NCC(O)C2CC2)n1. The quantitative estimate of drug-likeness (QED) is 0.441. The molecule has 1 aromatic rings. The van der Waals surface area contributed by atoms with Crippen LogP contribution < -0.4 is 16.6 Å². The Hall–Kier alpha value is -1.40. The zero-order valence-electron chi connectivity index (χ0n) is 10.2. The van der Waals surface area contributed by atoms with Crippen molar-refractivity contribution < 1.29 is 5.11 Å². The molecular formula is C11H19N5O. The molecular weight excluding hydrogens is 218 g/mol. The molecule has 0 radical (unpaired) electrons. The molecule has 0 spiro atoms. The number of nitrogen functional groups attached to an aromatic ring is 1. The Bertz CT molecular complexity index is 405. The molecule has 0 bridgehead atoms. The van der Waals surface area contributed by atoms with E-state index in [-0.39, 0.29) is 6.10 Å². The van der Waals surface area contributed by atoms with Crippen LogP contribution >= 0.6 is 0 Å². The highest BCUT2D eigenvalue weighted by Crippen LogP contribution is 2.32. The van der Waals surface area contributed by atoms with Crippen LogP contribution in [0.4, 0.5) is 11.6 Å². The number of nitrogens with zero attached hydrogens (tertiary/aromatic N) is 2. The van der Waals surface area contributed by atoms with Gasteiger partial charge in [0.1, 0.15) is 17.5 Å². The number of aliphatic hydroxyl groups is 1. The topological polar surface area (TPSA) is 96.1 Å². The molecule has 1 atom stereocenters. The van der Waals surface area contributed by atoms with E-state index in [4.69, 9.17) is 5.84 Å². The second kappa shape index (κ2) is 4.85. The van der Waals surface area contributed by atoms with Crippen molar-refractivity contribution in [3.8, 4) is 0 Å². The van der Waals surface area contributed by atoms with E-state index in [1.807, 2.05) is 13.8 Å². The predicted molar refractivity (Wildman–Crippen MR) is 66.5 cm³/mol. The molecule has 6 heteroatoms. The smallest absolute Gasteiger partial charge is 0.148 e. The number of nitrogens with one attached hydrogen (secondary N) is 2. The first-order chi connectivity index (χ1) is 8.11. The van der Waals surface area contributed by atoms with E-state index < -0.39 is 0 Å². The highest BCUT2D eigenvalue weighted by atomic mass is 16.3. The van der Waals surface area contributed by atoms with Gasteiger partial charge in [0.25, 0.3) is 0 Å². The third-order valence-electron chi connectivity index (χ3n) is 3.04. The van der Waals surface area contributed by atoms with Crippen LogP contribution in [0.5, 0.6) is 0 Å². The fourth-order valence-corrected chi connectivity index (χ4v) is 1.79. The Morgan fingerprint density at radius 3 is 2.59 bits per heavy atom. The number of aromatic nitrogens is 2. The lowest BCUT2D eigenvalue weighted by Gasteiger charge is -2.15. The van der Waals surface area contributed by atoms with Gasteiger partial charge in [0, 0.05) is 12.1 Å². The summed E-state index contributed by atoms with van der Waals surface area (Å²) in [6.45, 7) is 4.22. The van der Waals surface area contributed by atoms with E-state index >= 15 is 0 Å². The van der Waals surface area contributed by atoms with Gasteiger partial charge < -0.3 is 15.8 Å². The third-order valence-corrected chi connectivity index (χ3v) is 3.04. The summed E-state index contributed by atoms with van der Waals surface area (Å²) in [6.07, 6.45) is 1.96. The Morgan fingerprint density at radius 2 is 2.00 bits per heavy atom. The van der Waals surface area contributed by atoms with E-state index in [9.17, 15) is 5.11 Å². The first kappa shape index (κ1) is 12.1. The maximum atomic E-state index is 9.79. The van der Waals surface area contributed by atoms with E-state index in [1.165, 1.54) is 0 Å². The van der Waals surface area contributed by atoms with Crippen molar-refractivity contribution in [3.05, 3.63) is 11.4 Å². The van der Waals surface area contributed by atoms with Crippen LogP contribution in [-0.4, -0.2) is 27.7 Å². The molecule has 6 nitrogen and oxygen atoms in total. The van der Waals surface area contributed by atoms with Gasteiger partial charge in [-0.15, -0.1) is 0 Å². The number of hydrogen-bond donors (Lipinski definition) is 4. The van der Waals surface area contributed by atoms with Crippen molar-refractivity contribution in [2.24, 2.45) is 11.8 Å². The number of aliphatic hydroxyl groups excluding tert-OH is 1. The van der Waals surface area contributed by atoms with Crippen LogP contribution in [0.25, 0.3) is 0 Å². The zero-order valence-corrected chi connectivity index (χ0v) is 10.2. The summed E-state index contributed by atoms with van der Waals surface area (Å²) in [7, 11) is 0. The van der Waals surface area contributed by atoms with E-state index in [2.05, 4.69) is 20.7 Å². The third kappa shape index (κ3) is 2.83. The van der Waals surface area contributed by atoms with E-state index in [0.29, 0.717) is 24.1 Å². The monoisotopic (exact) mass is 237 g/mol. The molecule has 5 N–H and O–H groups in total. The number of anilines is 2. The summed E-state index contributed by atoms with van der Waals surface area (Å²) >= 11 is 0. The highest BCUT2D eigenvalue weighted by molar-refractivity contribution is 5.56. The lowest BCUT2D eigenvalue weighted by atomic mass is 10.2. The molecule has 0 aliphatic heterocycles. The molecule has 0 saturated heterocycles. The average molecular weight is 237 g/mol. The fraction of sp³-hybridized carbons (Fsp3) is 0.636. The highest BCUT2D eigenvalue weighted by Gasteiger charge is 2.29. The van der Waals surface area contributed by atoms with Gasteiger partial charge in [-0.05, 0) is 32.6 Å². The Morgan fingerprint density at radius 1 is 1.35 bits per heavy atom. The Labute approximate surface area is 101 Å². The lowest BCUT2D eigenvalue weighted by molar-refractivity contribution is 0.164. The molecule has 1 aliphatic carbocycles. The molecule has 1 aliphatic rings. The summed E-state index contributed by atoms with van der Waals surface area (Å²) in [4.78, 5) is 8.48. The van der Waals surface area contributed by atoms with Gasteiger partial charge in [0.2, 0.25) is 0 Å². The molecule has 2 rings (SSSR count). The standard InChI is InChI=1S/C11H19N5O/c1-6-10(13-5-9(17)8-3-4-8)14-7(2)15-11(6)16-12/h8-9,17H,3-5,12H2,1-2H3,(H2,13,14,15,16). The van der Waals surface area contributed by atoms with Gasteiger partial charge in [0.05, 0.1) is 6.10 Å². The molecule has 0 amide bonds. The van der Waals surface area contributed by atoms with Crippen molar-refractivity contribution >= 4 is 11.6 Å². The molecule has 1 saturated carbocycles. The number of hydrogen-bond acceptors (Lipinski definition) is 6. The first-order valence-electron chi connectivity index (χ1n) is 5.85. The minimum absolute atomic E-state index is 0.293. The van der Waals surface area contributed by atoms with Crippen LogP contribution in [0, 0.1) is 19.8 Å². The largest absolute Gasteiger partial charge is 0.391 e. The van der Waals surface area contributed by atoms with Crippen molar-refractivity contribution in [3.63, 3.8) is 0 Å². The Kier molecular flexibility index (Phi) is 3.44. The van der Waals surface area contributed by atoms with E-state index in [0.717, 1.165) is 24.2 Å². The molecule has 1 fully saturated rings. The van der Waals surface area contributed by atoms with Crippen LogP contribution in [0.15, 0.2) is 0 Å². The predicted octanol–water partition coefficient (Wildman–Crippen LogP) is 0.562. The fourth-order valence-electron chi connectivity index (χ4n) is 1.79. The van der Waals surface area contributed by atoms with Crippen molar-refractivity contribution in [2.45, 2.75) is 32.8 Å². The normalized spacial score (nSPS) is 16.7. The number of aryl methyl sites for hydroxylation is 1. The summed E-state index contributed by atoms with van der Waals surface area (Å²) in [5, 5.41) is 12.9. The number of hydrazine groups is 1. The zero-order chi connectivity index (χ0) is 12.4. The molecule has 0 aromatic carbocycles. The maximum absolute atomic E-state index is 9.79. The van der Waals surface area contributed by atoms with Crippen LogP contribution in [0.2, 0.25) is 0 Å². The van der Waals surface area contributed by atoms with Crippen molar-refractivity contribution in [1.82, 2.24) is 9.97 Å². The number of rotatable bonds is 5. The minimum atomic E-state index is -0.293. The van der Waals surface area contributed by atoms with Crippen molar-refractivity contribution in [2.75, 3.05) is 17.3 Å². The second-order valence-corrected chi connectivity index (χ2v) is 4.52. The maximum Gasteiger partial charge on any atom is 0.148 e. The van der Waals surface area contributed by atoms with Crippen LogP contribution in [0.3, 0.4) is 0 Å². The van der Waals surface area contributed by atoms with Gasteiger partial charge in [-0.25, -0.2) is 15.8 Å². The van der Waals surface area contributed by atoms with Gasteiger partial charge in [0.15, 0.2) is 0 Å². The molecule has 1 unspecified atom stereocenters. The average Bonchev–Trinajstić information content (AvgIpc) is 3.13. The summed E-state index contributed by atoms with van der Waals surface area (Å²) in [6, 6.07) is 0. The second-order valence-electron chi connectivity index (χ2n) is 4.52. The summed E-state index contributed by atoms with van der Waals surface area (Å²) in [5.74, 6) is 7.83. The summed E-state index contributed by atoms with van der Waals surface area (Å²) < 4.78 is 0. The number of nitrogens with two attached hydrogens (primary N) is 1. The molecule has 1 heterocycles. The minimum Gasteiger partial charge on any atom is -0.391 e. The lowest BCUT2D eigenvalue weighted by Crippen LogP contribution is -2.23. The van der Waals surface area contributed by atoms with Gasteiger partial charge in [-0.1, -0.05) is 0 Å². The van der Waals surface area contributed by atoms with Gasteiger partial charge >= 0.3 is 0 Å². The van der Waals surface area contributed by atoms with E-state index in [1.54, 1.807) is 0 Å². The molecule has 94 valence electrons. The van der Waals surface area contributed by atoms with Gasteiger partial charge in [-0.3, -0.25) is 0 Å². The molecule has 1 aromatic heterocycles. The first-order valence-corrected chi connectivity index (χ1v) is 5.85. The van der Waals surface area contributed by atoms with Crippen molar-refractivity contribution in [1.29, 1.82) is 0 Å². The Balaban J connectivity index is 2.05. The molecule has 17 heavy (non-hydrogen) atoms.